The topological polar surface area (TPSA) is 79.9 Å². The Kier molecular flexibility index (Phi) is 5.38. The Bertz CT molecular complexity index is 1820. The zero-order chi connectivity index (χ0) is 24.6. The van der Waals surface area contributed by atoms with Gasteiger partial charge >= 0.3 is 0 Å². The van der Waals surface area contributed by atoms with E-state index >= 15 is 0 Å². The smallest absolute Gasteiger partial charge is 0.200 e. The second-order valence-electron chi connectivity index (χ2n) is 7.94. The third-order valence-electron chi connectivity index (χ3n) is 5.65. The molecule has 0 aliphatic rings. The summed E-state index contributed by atoms with van der Waals surface area (Å²) in [4.78, 5) is 25.0. The lowest BCUT2D eigenvalue weighted by molar-refractivity contribution is 0.447. The summed E-state index contributed by atoms with van der Waals surface area (Å²) in [5.41, 5.74) is 2.10. The van der Waals surface area contributed by atoms with E-state index in [4.69, 9.17) is 4.74 Å². The molecule has 176 valence electrons. The van der Waals surface area contributed by atoms with Crippen molar-refractivity contribution in [1.29, 1.82) is 0 Å². The highest BCUT2D eigenvalue weighted by Crippen LogP contribution is 2.34. The number of rotatable bonds is 5. The van der Waals surface area contributed by atoms with Gasteiger partial charge in [0.15, 0.2) is 11.6 Å². The van der Waals surface area contributed by atoms with Gasteiger partial charge in [-0.25, -0.2) is 13.8 Å². The van der Waals surface area contributed by atoms with E-state index in [9.17, 15) is 13.6 Å². The normalized spacial score (nSPS) is 11.2. The van der Waals surface area contributed by atoms with Crippen molar-refractivity contribution in [3.63, 3.8) is 0 Å². The number of pyridine rings is 3. The lowest BCUT2D eigenvalue weighted by atomic mass is 10.0. The van der Waals surface area contributed by atoms with Gasteiger partial charge in [-0.1, -0.05) is 12.1 Å². The number of thiophene rings is 1. The third kappa shape index (κ3) is 3.95. The summed E-state index contributed by atoms with van der Waals surface area (Å²) in [7, 11) is 0. The van der Waals surface area contributed by atoms with Crippen molar-refractivity contribution >= 4 is 44.0 Å². The van der Waals surface area contributed by atoms with Gasteiger partial charge in [0, 0.05) is 42.0 Å². The largest absolute Gasteiger partial charge is 0.453 e. The van der Waals surface area contributed by atoms with Crippen LogP contribution in [0.5, 0.6) is 11.5 Å². The molecule has 0 spiro atoms. The molecule has 2 N–H and O–H groups in total. The zero-order valence-electron chi connectivity index (χ0n) is 18.5. The summed E-state index contributed by atoms with van der Waals surface area (Å²) >= 11 is 1.46. The van der Waals surface area contributed by atoms with Gasteiger partial charge in [-0.05, 0) is 47.3 Å². The Morgan fingerprint density at radius 3 is 2.69 bits per heavy atom. The molecule has 0 aliphatic heterocycles. The van der Waals surface area contributed by atoms with Crippen LogP contribution in [-0.4, -0.2) is 15.0 Å². The maximum atomic E-state index is 15.0. The molecule has 0 amide bonds. The maximum Gasteiger partial charge on any atom is 0.200 e. The van der Waals surface area contributed by atoms with E-state index in [0.29, 0.717) is 28.1 Å². The van der Waals surface area contributed by atoms with Crippen molar-refractivity contribution in [3.05, 3.63) is 106 Å². The average molecular weight is 499 g/mol. The quantitative estimate of drug-likeness (QED) is 0.267. The fourth-order valence-corrected chi connectivity index (χ4v) is 4.77. The fourth-order valence-electron chi connectivity index (χ4n) is 3.97. The standard InChI is InChI=1S/C27H16F2N4O2S/c28-16-3-1-2-15(12-16)18-14-32-20-6-9-31-27(24(20)25(18)34)33-17-4-5-22(19(29)13-17)35-23-7-10-30-21-8-11-36-26(21)23/h1-14H,(H,31,33)(H,32,34). The van der Waals surface area contributed by atoms with E-state index in [-0.39, 0.29) is 22.4 Å². The van der Waals surface area contributed by atoms with Gasteiger partial charge in [-0.3, -0.25) is 9.78 Å². The Morgan fingerprint density at radius 2 is 1.83 bits per heavy atom. The van der Waals surface area contributed by atoms with Gasteiger partial charge in [0.05, 0.1) is 21.1 Å². The van der Waals surface area contributed by atoms with Gasteiger partial charge in [0.1, 0.15) is 17.4 Å². The molecule has 0 atom stereocenters. The average Bonchev–Trinajstić information content (AvgIpc) is 3.36. The third-order valence-corrected chi connectivity index (χ3v) is 6.57. The van der Waals surface area contributed by atoms with Crippen LogP contribution >= 0.6 is 11.3 Å². The fraction of sp³-hybridized carbons (Fsp3) is 0. The van der Waals surface area contributed by atoms with Crippen LogP contribution in [0.1, 0.15) is 0 Å². The van der Waals surface area contributed by atoms with Crippen molar-refractivity contribution in [2.45, 2.75) is 0 Å². The van der Waals surface area contributed by atoms with Crippen molar-refractivity contribution in [3.8, 4) is 22.6 Å². The highest BCUT2D eigenvalue weighted by atomic mass is 32.1. The molecule has 6 nitrogen and oxygen atoms in total. The first kappa shape index (κ1) is 21.9. The number of ether oxygens (including phenoxy) is 1. The van der Waals surface area contributed by atoms with Gasteiger partial charge in [0.2, 0.25) is 5.43 Å². The van der Waals surface area contributed by atoms with Crippen molar-refractivity contribution < 1.29 is 13.5 Å². The molecule has 0 bridgehead atoms. The number of anilines is 2. The first-order valence-corrected chi connectivity index (χ1v) is 11.8. The molecular formula is C27H16F2N4O2S. The summed E-state index contributed by atoms with van der Waals surface area (Å²) < 4.78 is 35.4. The van der Waals surface area contributed by atoms with Crippen LogP contribution < -0.4 is 15.5 Å². The Morgan fingerprint density at radius 1 is 0.944 bits per heavy atom. The van der Waals surface area contributed by atoms with Crippen LogP contribution in [0.3, 0.4) is 0 Å². The summed E-state index contributed by atoms with van der Waals surface area (Å²) in [5.74, 6) is -0.216. The van der Waals surface area contributed by atoms with Crippen LogP contribution in [0.15, 0.2) is 89.4 Å². The number of halogens is 2. The summed E-state index contributed by atoms with van der Waals surface area (Å²) in [6.45, 7) is 0. The lowest BCUT2D eigenvalue weighted by Gasteiger charge is -2.12. The minimum absolute atomic E-state index is 0.0542. The minimum atomic E-state index is -0.587. The van der Waals surface area contributed by atoms with Crippen molar-refractivity contribution in [2.24, 2.45) is 0 Å². The molecule has 4 aromatic heterocycles. The number of nitrogens with one attached hydrogen (secondary N) is 2. The summed E-state index contributed by atoms with van der Waals surface area (Å²) in [6.07, 6.45) is 4.69. The molecule has 0 unspecified atom stereocenters. The van der Waals surface area contributed by atoms with Gasteiger partial charge < -0.3 is 15.0 Å². The molecule has 6 rings (SSSR count). The van der Waals surface area contributed by atoms with E-state index in [1.807, 2.05) is 11.4 Å². The monoisotopic (exact) mass is 498 g/mol. The maximum absolute atomic E-state index is 15.0. The van der Waals surface area contributed by atoms with Crippen LogP contribution in [0.2, 0.25) is 0 Å². The Balaban J connectivity index is 1.35. The molecular weight excluding hydrogens is 482 g/mol. The van der Waals surface area contributed by atoms with Crippen molar-refractivity contribution in [1.82, 2.24) is 15.0 Å². The van der Waals surface area contributed by atoms with Gasteiger partial charge in [0.25, 0.3) is 0 Å². The summed E-state index contributed by atoms with van der Waals surface area (Å²) in [6, 6.07) is 15.4. The minimum Gasteiger partial charge on any atom is -0.453 e. The van der Waals surface area contributed by atoms with E-state index in [2.05, 4.69) is 20.3 Å². The molecule has 6 aromatic rings. The zero-order valence-corrected chi connectivity index (χ0v) is 19.3. The first-order chi connectivity index (χ1) is 17.6. The van der Waals surface area contributed by atoms with E-state index < -0.39 is 11.6 Å². The molecule has 0 saturated heterocycles. The van der Waals surface area contributed by atoms with E-state index in [1.165, 1.54) is 41.8 Å². The second-order valence-corrected chi connectivity index (χ2v) is 8.86. The van der Waals surface area contributed by atoms with E-state index in [1.54, 1.807) is 42.7 Å². The summed E-state index contributed by atoms with van der Waals surface area (Å²) in [5, 5.41) is 5.20. The molecule has 0 aliphatic carbocycles. The van der Waals surface area contributed by atoms with Crippen LogP contribution in [0.4, 0.5) is 20.3 Å². The molecule has 0 radical (unpaired) electrons. The Labute approximate surface area is 206 Å². The van der Waals surface area contributed by atoms with Crippen LogP contribution in [-0.2, 0) is 0 Å². The molecule has 4 heterocycles. The molecule has 2 aromatic carbocycles. The highest BCUT2D eigenvalue weighted by Gasteiger charge is 2.15. The number of H-pyrrole nitrogens is 1. The molecule has 9 heteroatoms. The van der Waals surface area contributed by atoms with Gasteiger partial charge in [-0.15, -0.1) is 11.3 Å². The number of fused-ring (bicyclic) bond motifs is 2. The molecule has 0 fully saturated rings. The molecule has 0 saturated carbocycles. The predicted molar refractivity (Wildman–Crippen MR) is 137 cm³/mol. The predicted octanol–water partition coefficient (Wildman–Crippen LogP) is 7.01. The number of nitrogens with zero attached hydrogens (tertiary/aromatic N) is 2. The van der Waals surface area contributed by atoms with E-state index in [0.717, 1.165) is 10.2 Å². The lowest BCUT2D eigenvalue weighted by Crippen LogP contribution is -2.10. The number of hydrogen-bond donors (Lipinski definition) is 2. The van der Waals surface area contributed by atoms with Crippen molar-refractivity contribution in [2.75, 3.05) is 5.32 Å². The Hall–Kier alpha value is -4.63. The van der Waals surface area contributed by atoms with Crippen LogP contribution in [0, 0.1) is 11.6 Å². The highest BCUT2D eigenvalue weighted by molar-refractivity contribution is 7.17. The first-order valence-electron chi connectivity index (χ1n) is 10.9. The molecule has 36 heavy (non-hydrogen) atoms. The van der Waals surface area contributed by atoms with Gasteiger partial charge in [-0.2, -0.15) is 0 Å². The second kappa shape index (κ2) is 8.86. The number of aromatic amines is 1. The van der Waals surface area contributed by atoms with Crippen LogP contribution in [0.25, 0.3) is 32.2 Å². The SMILES string of the molecule is O=c1c(-c2cccc(F)c2)c[nH]c2ccnc(Nc3ccc(Oc4ccnc5ccsc45)c(F)c3)c12. The number of hydrogen-bond acceptors (Lipinski definition) is 6. The number of aromatic nitrogens is 3. The number of benzene rings is 2.